The predicted octanol–water partition coefficient (Wildman–Crippen LogP) is 6.99. The maximum absolute atomic E-state index is 13.8. The molecule has 0 fully saturated rings. The number of carbonyl (C=O) groups excluding carboxylic acids is 2. The van der Waals surface area contributed by atoms with Gasteiger partial charge in [-0.05, 0) is 60.9 Å². The van der Waals surface area contributed by atoms with E-state index in [2.05, 4.69) is 10.4 Å². The summed E-state index contributed by atoms with van der Waals surface area (Å²) in [6.07, 6.45) is 1.92. The number of amides is 1. The van der Waals surface area contributed by atoms with Gasteiger partial charge in [0.25, 0.3) is 5.91 Å². The van der Waals surface area contributed by atoms with Crippen molar-refractivity contribution >= 4 is 22.6 Å². The van der Waals surface area contributed by atoms with E-state index < -0.39 is 24.0 Å². The zero-order valence-corrected chi connectivity index (χ0v) is 25.4. The average Bonchev–Trinajstić information content (AvgIpc) is 3.49. The van der Waals surface area contributed by atoms with Crippen LogP contribution >= 0.6 is 0 Å². The maximum atomic E-state index is 13.8. The van der Waals surface area contributed by atoms with Crippen LogP contribution in [0.1, 0.15) is 53.4 Å². The molecule has 10 heteroatoms. The molecule has 1 aliphatic rings. The van der Waals surface area contributed by atoms with E-state index in [9.17, 15) is 18.4 Å². The molecule has 2 heterocycles. The molecule has 1 aliphatic heterocycles. The van der Waals surface area contributed by atoms with Gasteiger partial charge in [-0.1, -0.05) is 54.6 Å². The molecule has 0 spiro atoms. The van der Waals surface area contributed by atoms with E-state index in [1.165, 1.54) is 0 Å². The Labute approximate surface area is 264 Å². The third-order valence-corrected chi connectivity index (χ3v) is 7.89. The standard InChI is InChI=1S/C36H33F2N3O5/c1-23(40-35(43)36(2,37)38)34(26-12-13-27-21-44-22-45-33(27)19-26)46-30-14-15-31-28(18-30)20-39-41(31)29-10-6-9-25(17-29)32(42)16-11-24-7-4-3-5-8-24/h3-10,12-15,17-20,23,34H,11,16,21-22H2,1-2H3,(H,40,43)/t23-,34-/m0/s1. The van der Waals surface area contributed by atoms with Crippen LogP contribution in [0.5, 0.6) is 11.5 Å². The minimum Gasteiger partial charge on any atom is -0.484 e. The molecule has 6 rings (SSSR count). The monoisotopic (exact) mass is 625 g/mol. The number of Topliss-reactive ketones (excluding diaryl/α,β-unsaturated/α-hetero) is 1. The predicted molar refractivity (Wildman–Crippen MR) is 168 cm³/mol. The molecule has 0 saturated heterocycles. The van der Waals surface area contributed by atoms with Gasteiger partial charge < -0.3 is 19.5 Å². The molecule has 1 amide bonds. The number of rotatable bonds is 11. The van der Waals surface area contributed by atoms with Crippen molar-refractivity contribution in [2.75, 3.05) is 6.79 Å². The van der Waals surface area contributed by atoms with E-state index in [4.69, 9.17) is 14.2 Å². The highest BCUT2D eigenvalue weighted by molar-refractivity contribution is 5.96. The van der Waals surface area contributed by atoms with Gasteiger partial charge in [0.2, 0.25) is 0 Å². The number of hydrogen-bond acceptors (Lipinski definition) is 6. The van der Waals surface area contributed by atoms with Gasteiger partial charge in [0.05, 0.1) is 30.0 Å². The van der Waals surface area contributed by atoms with Gasteiger partial charge in [-0.15, -0.1) is 0 Å². The Balaban J connectivity index is 1.24. The summed E-state index contributed by atoms with van der Waals surface area (Å²) in [5, 5.41) is 7.72. The van der Waals surface area contributed by atoms with E-state index in [0.717, 1.165) is 27.7 Å². The van der Waals surface area contributed by atoms with Crippen molar-refractivity contribution in [1.29, 1.82) is 0 Å². The number of benzene rings is 4. The van der Waals surface area contributed by atoms with Crippen molar-refractivity contribution in [2.45, 2.75) is 51.4 Å². The fourth-order valence-electron chi connectivity index (χ4n) is 5.42. The molecule has 8 nitrogen and oxygen atoms in total. The van der Waals surface area contributed by atoms with E-state index in [-0.39, 0.29) is 12.6 Å². The molecule has 5 aromatic rings. The SMILES string of the molecule is C[C@H](NC(=O)C(C)(F)F)[C@H](Oc1ccc2c(cnn2-c2cccc(C(=O)CCc3ccccc3)c2)c1)c1ccc2c(c1)OCOC2. The summed E-state index contributed by atoms with van der Waals surface area (Å²) in [7, 11) is 0. The van der Waals surface area contributed by atoms with Crippen LogP contribution in [0.15, 0.2) is 97.2 Å². The zero-order chi connectivity index (χ0) is 32.3. The second-order valence-corrected chi connectivity index (χ2v) is 11.4. The Hall–Kier alpha value is -5.09. The first-order valence-electron chi connectivity index (χ1n) is 15.0. The van der Waals surface area contributed by atoms with E-state index in [0.29, 0.717) is 49.0 Å². The lowest BCUT2D eigenvalue weighted by molar-refractivity contribution is -0.144. The highest BCUT2D eigenvalue weighted by Gasteiger charge is 2.35. The molecule has 1 aromatic heterocycles. The van der Waals surface area contributed by atoms with Crippen LogP contribution in [0, 0.1) is 0 Å². The first-order valence-corrected chi connectivity index (χ1v) is 15.0. The highest BCUT2D eigenvalue weighted by atomic mass is 19.3. The van der Waals surface area contributed by atoms with Crippen LogP contribution in [0.2, 0.25) is 0 Å². The van der Waals surface area contributed by atoms with Crippen LogP contribution < -0.4 is 14.8 Å². The van der Waals surface area contributed by atoms with Crippen LogP contribution in [0.25, 0.3) is 16.6 Å². The molecule has 0 aliphatic carbocycles. The third kappa shape index (κ3) is 6.92. The number of aromatic nitrogens is 2. The molecular formula is C36H33F2N3O5. The molecule has 1 N–H and O–H groups in total. The number of hydrogen-bond donors (Lipinski definition) is 1. The Morgan fingerprint density at radius 2 is 1.85 bits per heavy atom. The number of aryl methyl sites for hydroxylation is 1. The average molecular weight is 626 g/mol. The number of alkyl halides is 2. The summed E-state index contributed by atoms with van der Waals surface area (Å²) >= 11 is 0. The molecule has 0 bridgehead atoms. The Bertz CT molecular complexity index is 1870. The number of halogens is 2. The Morgan fingerprint density at radius 3 is 2.65 bits per heavy atom. The quantitative estimate of drug-likeness (QED) is 0.159. The Morgan fingerprint density at radius 1 is 1.02 bits per heavy atom. The third-order valence-electron chi connectivity index (χ3n) is 7.89. The second-order valence-electron chi connectivity index (χ2n) is 11.4. The number of nitrogens with one attached hydrogen (secondary N) is 1. The fraction of sp³-hybridized carbons (Fsp3) is 0.250. The molecule has 46 heavy (non-hydrogen) atoms. The van der Waals surface area contributed by atoms with Crippen molar-refractivity contribution in [3.63, 3.8) is 0 Å². The summed E-state index contributed by atoms with van der Waals surface area (Å²) in [6, 6.07) is 27.3. The summed E-state index contributed by atoms with van der Waals surface area (Å²) in [5.41, 5.74) is 4.72. The van der Waals surface area contributed by atoms with E-state index >= 15 is 0 Å². The molecule has 236 valence electrons. The normalized spacial score (nSPS) is 14.2. The smallest absolute Gasteiger partial charge is 0.321 e. The number of nitrogens with zero attached hydrogens (tertiary/aromatic N) is 2. The first-order chi connectivity index (χ1) is 22.2. The fourth-order valence-corrected chi connectivity index (χ4v) is 5.42. The van der Waals surface area contributed by atoms with Gasteiger partial charge in [0.15, 0.2) is 12.6 Å². The van der Waals surface area contributed by atoms with Crippen molar-refractivity contribution in [1.82, 2.24) is 15.1 Å². The van der Waals surface area contributed by atoms with Crippen molar-refractivity contribution in [2.24, 2.45) is 0 Å². The van der Waals surface area contributed by atoms with Gasteiger partial charge in [-0.3, -0.25) is 9.59 Å². The van der Waals surface area contributed by atoms with Gasteiger partial charge in [0.1, 0.15) is 17.6 Å². The van der Waals surface area contributed by atoms with E-state index in [1.54, 1.807) is 42.1 Å². The summed E-state index contributed by atoms with van der Waals surface area (Å²) in [6.45, 7) is 2.66. The lowest BCUT2D eigenvalue weighted by atomic mass is 10.00. The zero-order valence-electron chi connectivity index (χ0n) is 25.4. The molecule has 2 atom stereocenters. The van der Waals surface area contributed by atoms with Gasteiger partial charge in [0, 0.05) is 29.9 Å². The van der Waals surface area contributed by atoms with Crippen molar-refractivity contribution in [3.05, 3.63) is 119 Å². The highest BCUT2D eigenvalue weighted by Crippen LogP contribution is 2.33. The molecule has 0 unspecified atom stereocenters. The molecule has 0 radical (unpaired) electrons. The summed E-state index contributed by atoms with van der Waals surface area (Å²) in [5.74, 6) is -3.84. The number of ketones is 1. The molecule has 4 aromatic carbocycles. The van der Waals surface area contributed by atoms with Gasteiger partial charge >= 0.3 is 5.92 Å². The lowest BCUT2D eigenvalue weighted by Gasteiger charge is -2.28. The van der Waals surface area contributed by atoms with Crippen LogP contribution in [-0.4, -0.2) is 40.2 Å². The maximum Gasteiger partial charge on any atom is 0.321 e. The summed E-state index contributed by atoms with van der Waals surface area (Å²) < 4.78 is 46.6. The lowest BCUT2D eigenvalue weighted by Crippen LogP contribution is -2.46. The minimum atomic E-state index is -3.55. The van der Waals surface area contributed by atoms with E-state index in [1.807, 2.05) is 66.7 Å². The largest absolute Gasteiger partial charge is 0.484 e. The number of carbonyl (C=O) groups is 2. The van der Waals surface area contributed by atoms with Crippen LogP contribution in [0.3, 0.4) is 0 Å². The van der Waals surface area contributed by atoms with Gasteiger partial charge in [-0.25, -0.2) is 4.68 Å². The number of ether oxygens (including phenoxy) is 3. The van der Waals surface area contributed by atoms with Crippen LogP contribution in [0.4, 0.5) is 8.78 Å². The molecule has 0 saturated carbocycles. The molecular weight excluding hydrogens is 592 g/mol. The number of fused-ring (bicyclic) bond motifs is 2. The Kier molecular flexibility index (Phi) is 8.81. The van der Waals surface area contributed by atoms with Crippen molar-refractivity contribution < 1.29 is 32.6 Å². The summed E-state index contributed by atoms with van der Waals surface area (Å²) in [4.78, 5) is 25.2. The first kappa shape index (κ1) is 30.9. The minimum absolute atomic E-state index is 0.0473. The van der Waals surface area contributed by atoms with Gasteiger partial charge in [-0.2, -0.15) is 13.9 Å². The van der Waals surface area contributed by atoms with Crippen molar-refractivity contribution in [3.8, 4) is 17.2 Å². The van der Waals surface area contributed by atoms with Crippen LogP contribution in [-0.2, 0) is 22.6 Å². The topological polar surface area (TPSA) is 91.7 Å². The second kappa shape index (κ2) is 13.1.